The largest absolute Gasteiger partial charge is 0.288 e. The highest BCUT2D eigenvalue weighted by molar-refractivity contribution is 9.10. The van der Waals surface area contributed by atoms with Crippen molar-refractivity contribution in [1.29, 1.82) is 0 Å². The van der Waals surface area contributed by atoms with Crippen LogP contribution in [0.1, 0.15) is 15.4 Å². The molecular weight excluding hydrogens is 368 g/mol. The van der Waals surface area contributed by atoms with E-state index in [-0.39, 0.29) is 5.78 Å². The van der Waals surface area contributed by atoms with Crippen molar-refractivity contribution >= 4 is 50.7 Å². The SMILES string of the molecule is O=C(/C=C/c1csnn1)c1ccc(-c2ccccc2Br)s1. The molecule has 0 radical (unpaired) electrons. The van der Waals surface area contributed by atoms with Crippen molar-refractivity contribution in [3.8, 4) is 10.4 Å². The molecule has 0 fully saturated rings. The molecule has 0 aliphatic rings. The number of nitrogens with zero attached hydrogens (tertiary/aromatic N) is 2. The molecule has 0 bridgehead atoms. The Morgan fingerprint density at radius 2 is 2.05 bits per heavy atom. The third kappa shape index (κ3) is 3.34. The van der Waals surface area contributed by atoms with Crippen LogP contribution in [0, 0.1) is 0 Å². The van der Waals surface area contributed by atoms with E-state index in [0.29, 0.717) is 10.6 Å². The lowest BCUT2D eigenvalue weighted by Gasteiger charge is -1.99. The van der Waals surface area contributed by atoms with Gasteiger partial charge in [0.05, 0.1) is 10.6 Å². The number of thiophene rings is 1. The number of hydrogen-bond acceptors (Lipinski definition) is 5. The smallest absolute Gasteiger partial charge is 0.195 e. The van der Waals surface area contributed by atoms with Gasteiger partial charge in [-0.15, -0.1) is 16.4 Å². The third-order valence-corrected chi connectivity index (χ3v) is 5.12. The highest BCUT2D eigenvalue weighted by atomic mass is 79.9. The first-order valence-corrected chi connectivity index (χ1v) is 8.53. The third-order valence-electron chi connectivity index (χ3n) is 2.77. The van der Waals surface area contributed by atoms with Gasteiger partial charge in [-0.2, -0.15) is 0 Å². The summed E-state index contributed by atoms with van der Waals surface area (Å²) in [6.45, 7) is 0. The molecule has 3 aromatic rings. The summed E-state index contributed by atoms with van der Waals surface area (Å²) in [5, 5.41) is 5.67. The number of halogens is 1. The minimum absolute atomic E-state index is 0.0219. The summed E-state index contributed by atoms with van der Waals surface area (Å²) < 4.78 is 4.78. The molecule has 0 aliphatic heterocycles. The first kappa shape index (κ1) is 14.3. The summed E-state index contributed by atoms with van der Waals surface area (Å²) in [5.41, 5.74) is 1.80. The molecule has 0 atom stereocenters. The molecule has 0 amide bonds. The minimum atomic E-state index is -0.0219. The van der Waals surface area contributed by atoms with Crippen LogP contribution in [0.2, 0.25) is 0 Å². The van der Waals surface area contributed by atoms with Crippen molar-refractivity contribution in [2.75, 3.05) is 0 Å². The van der Waals surface area contributed by atoms with E-state index in [4.69, 9.17) is 0 Å². The van der Waals surface area contributed by atoms with E-state index in [0.717, 1.165) is 14.9 Å². The number of benzene rings is 1. The van der Waals surface area contributed by atoms with Gasteiger partial charge in [-0.3, -0.25) is 4.79 Å². The van der Waals surface area contributed by atoms with Crippen LogP contribution in [0.3, 0.4) is 0 Å². The molecule has 0 N–H and O–H groups in total. The number of rotatable bonds is 4. The standard InChI is InChI=1S/C15H9BrN2OS2/c16-12-4-2-1-3-11(12)14-7-8-15(21-14)13(19)6-5-10-9-20-18-17-10/h1-9H/b6-5+. The fourth-order valence-electron chi connectivity index (χ4n) is 1.76. The van der Waals surface area contributed by atoms with Crippen LogP contribution in [-0.4, -0.2) is 15.4 Å². The Hall–Kier alpha value is -1.63. The molecule has 0 saturated carbocycles. The Morgan fingerprint density at radius 1 is 1.19 bits per heavy atom. The summed E-state index contributed by atoms with van der Waals surface area (Å²) in [6, 6.07) is 11.8. The Labute approximate surface area is 138 Å². The van der Waals surface area contributed by atoms with E-state index in [1.54, 1.807) is 11.5 Å². The monoisotopic (exact) mass is 376 g/mol. The molecule has 0 aliphatic carbocycles. The highest BCUT2D eigenvalue weighted by Crippen LogP contribution is 2.33. The Morgan fingerprint density at radius 3 is 2.81 bits per heavy atom. The number of aromatic nitrogens is 2. The summed E-state index contributed by atoms with van der Waals surface area (Å²) in [6.07, 6.45) is 3.22. The second-order valence-electron chi connectivity index (χ2n) is 4.17. The predicted octanol–water partition coefficient (Wildman–Crippen LogP) is 4.93. The van der Waals surface area contributed by atoms with E-state index < -0.39 is 0 Å². The van der Waals surface area contributed by atoms with Gasteiger partial charge < -0.3 is 0 Å². The fraction of sp³-hybridized carbons (Fsp3) is 0. The molecule has 6 heteroatoms. The average molecular weight is 377 g/mol. The van der Waals surface area contributed by atoms with Gasteiger partial charge in [0.2, 0.25) is 0 Å². The number of hydrogen-bond donors (Lipinski definition) is 0. The zero-order valence-electron chi connectivity index (χ0n) is 10.7. The van der Waals surface area contributed by atoms with Crippen molar-refractivity contribution in [3.05, 3.63) is 62.9 Å². The van der Waals surface area contributed by atoms with Gasteiger partial charge >= 0.3 is 0 Å². The van der Waals surface area contributed by atoms with Crippen molar-refractivity contribution in [1.82, 2.24) is 9.59 Å². The van der Waals surface area contributed by atoms with Gasteiger partial charge in [0.1, 0.15) is 0 Å². The maximum Gasteiger partial charge on any atom is 0.195 e. The van der Waals surface area contributed by atoms with Crippen molar-refractivity contribution in [2.24, 2.45) is 0 Å². The quantitative estimate of drug-likeness (QED) is 0.479. The molecule has 104 valence electrons. The molecule has 3 rings (SSSR count). The molecular formula is C15H9BrN2OS2. The minimum Gasteiger partial charge on any atom is -0.288 e. The Balaban J connectivity index is 1.82. The van der Waals surface area contributed by atoms with Gasteiger partial charge in [0.25, 0.3) is 0 Å². The second kappa shape index (κ2) is 6.43. The van der Waals surface area contributed by atoms with Crippen LogP contribution in [0.15, 0.2) is 52.3 Å². The summed E-state index contributed by atoms with van der Waals surface area (Å²) in [5.74, 6) is -0.0219. The zero-order chi connectivity index (χ0) is 14.7. The molecule has 3 nitrogen and oxygen atoms in total. The van der Waals surface area contributed by atoms with E-state index in [2.05, 4.69) is 25.5 Å². The van der Waals surface area contributed by atoms with Crippen LogP contribution < -0.4 is 0 Å². The van der Waals surface area contributed by atoms with E-state index in [9.17, 15) is 4.79 Å². The molecule has 21 heavy (non-hydrogen) atoms. The van der Waals surface area contributed by atoms with Crippen LogP contribution in [-0.2, 0) is 0 Å². The molecule has 0 saturated heterocycles. The molecule has 0 spiro atoms. The summed E-state index contributed by atoms with van der Waals surface area (Å²) in [4.78, 5) is 13.9. The maximum atomic E-state index is 12.1. The fourth-order valence-corrected chi connectivity index (χ4v) is 3.78. The average Bonchev–Trinajstić information content (AvgIpc) is 3.17. The van der Waals surface area contributed by atoms with Crippen molar-refractivity contribution < 1.29 is 4.79 Å². The summed E-state index contributed by atoms with van der Waals surface area (Å²) >= 11 is 6.27. The lowest BCUT2D eigenvalue weighted by atomic mass is 10.2. The van der Waals surface area contributed by atoms with E-state index in [1.165, 1.54) is 28.9 Å². The van der Waals surface area contributed by atoms with Crippen molar-refractivity contribution in [2.45, 2.75) is 0 Å². The van der Waals surface area contributed by atoms with Crippen LogP contribution in [0.25, 0.3) is 16.5 Å². The lowest BCUT2D eigenvalue weighted by Crippen LogP contribution is -1.88. The first-order chi connectivity index (χ1) is 10.2. The number of carbonyl (C=O) groups is 1. The van der Waals surface area contributed by atoms with Crippen LogP contribution in [0.5, 0.6) is 0 Å². The molecule has 2 heterocycles. The predicted molar refractivity (Wildman–Crippen MR) is 90.7 cm³/mol. The van der Waals surface area contributed by atoms with Gasteiger partial charge in [-0.25, -0.2) is 0 Å². The normalized spacial score (nSPS) is 11.1. The van der Waals surface area contributed by atoms with Crippen LogP contribution in [0.4, 0.5) is 0 Å². The highest BCUT2D eigenvalue weighted by Gasteiger charge is 2.09. The lowest BCUT2D eigenvalue weighted by molar-refractivity contribution is 0.105. The maximum absolute atomic E-state index is 12.1. The first-order valence-electron chi connectivity index (χ1n) is 6.08. The van der Waals surface area contributed by atoms with Gasteiger partial charge in [0, 0.05) is 20.3 Å². The number of ketones is 1. The molecule has 2 aromatic heterocycles. The zero-order valence-corrected chi connectivity index (χ0v) is 13.9. The molecule has 1 aromatic carbocycles. The number of carbonyl (C=O) groups excluding carboxylic acids is 1. The van der Waals surface area contributed by atoms with Crippen LogP contribution >= 0.6 is 38.8 Å². The summed E-state index contributed by atoms with van der Waals surface area (Å²) in [7, 11) is 0. The Kier molecular flexibility index (Phi) is 4.38. The van der Waals surface area contributed by atoms with E-state index >= 15 is 0 Å². The second-order valence-corrected chi connectivity index (χ2v) is 6.72. The van der Waals surface area contributed by atoms with E-state index in [1.807, 2.05) is 36.4 Å². The van der Waals surface area contributed by atoms with Gasteiger partial charge in [-0.05, 0) is 41.9 Å². The molecule has 0 unspecified atom stereocenters. The van der Waals surface area contributed by atoms with Crippen molar-refractivity contribution in [3.63, 3.8) is 0 Å². The van der Waals surface area contributed by atoms with Gasteiger partial charge in [0.15, 0.2) is 5.78 Å². The Bertz CT molecular complexity index is 794. The number of allylic oxidation sites excluding steroid dienone is 1. The van der Waals surface area contributed by atoms with Gasteiger partial charge in [-0.1, -0.05) is 38.6 Å². The topological polar surface area (TPSA) is 42.9 Å².